The molecule has 33 heavy (non-hydrogen) atoms. The maximum atomic E-state index is 12.6. The standard InChI is InChI=1S/C24H29N3O6/c1-13-8-14(2)11-26(10-13)19-7-6-18(9-20(19)27(31)32)24(30)33-12-21(29)23-15(3)22(17(5)28)16(4)25-23/h6-7,9,13-14,25H,8,10-12H2,1-5H3/t13-,14-/m1/s1. The Morgan fingerprint density at radius 3 is 2.36 bits per heavy atom. The summed E-state index contributed by atoms with van der Waals surface area (Å²) in [5, 5.41) is 11.7. The van der Waals surface area contributed by atoms with E-state index in [9.17, 15) is 24.5 Å². The molecule has 1 saturated heterocycles. The molecular weight excluding hydrogens is 426 g/mol. The molecule has 0 amide bonds. The van der Waals surface area contributed by atoms with E-state index in [-0.39, 0.29) is 22.7 Å². The largest absolute Gasteiger partial charge is 0.454 e. The highest BCUT2D eigenvalue weighted by atomic mass is 16.6. The molecule has 0 spiro atoms. The number of aromatic nitrogens is 1. The second kappa shape index (κ2) is 9.56. The Bertz CT molecular complexity index is 1110. The molecule has 9 nitrogen and oxygen atoms in total. The quantitative estimate of drug-likeness (QED) is 0.286. The first-order valence-corrected chi connectivity index (χ1v) is 10.9. The summed E-state index contributed by atoms with van der Waals surface area (Å²) < 4.78 is 5.13. The van der Waals surface area contributed by atoms with Gasteiger partial charge < -0.3 is 14.6 Å². The number of nitrogens with zero attached hydrogens (tertiary/aromatic N) is 2. The van der Waals surface area contributed by atoms with Crippen LogP contribution in [0.25, 0.3) is 0 Å². The number of benzene rings is 1. The molecule has 0 unspecified atom stereocenters. The van der Waals surface area contributed by atoms with Crippen LogP contribution in [-0.4, -0.2) is 47.1 Å². The molecule has 1 aliphatic heterocycles. The van der Waals surface area contributed by atoms with Crippen molar-refractivity contribution in [2.45, 2.75) is 41.0 Å². The summed E-state index contributed by atoms with van der Waals surface area (Å²) in [7, 11) is 0. The predicted octanol–water partition coefficient (Wildman–Crippen LogP) is 4.26. The summed E-state index contributed by atoms with van der Waals surface area (Å²) in [6, 6.07) is 4.25. The number of nitrogens with one attached hydrogen (secondary N) is 1. The lowest BCUT2D eigenvalue weighted by atomic mass is 9.91. The number of nitro benzene ring substituents is 1. The highest BCUT2D eigenvalue weighted by Crippen LogP contribution is 2.34. The topological polar surface area (TPSA) is 123 Å². The number of piperidine rings is 1. The molecule has 9 heteroatoms. The van der Waals surface area contributed by atoms with Crippen LogP contribution >= 0.6 is 0 Å². The van der Waals surface area contributed by atoms with Crippen LogP contribution in [0, 0.1) is 35.8 Å². The molecule has 0 radical (unpaired) electrons. The number of H-pyrrole nitrogens is 1. The Balaban J connectivity index is 1.76. The van der Waals surface area contributed by atoms with Crippen molar-refractivity contribution < 1.29 is 24.0 Å². The molecule has 0 saturated carbocycles. The molecule has 2 aromatic rings. The third kappa shape index (κ3) is 5.13. The Labute approximate surface area is 192 Å². The Morgan fingerprint density at radius 2 is 1.82 bits per heavy atom. The van der Waals surface area contributed by atoms with Gasteiger partial charge in [0, 0.05) is 30.4 Å². The van der Waals surface area contributed by atoms with E-state index in [2.05, 4.69) is 18.8 Å². The van der Waals surface area contributed by atoms with Crippen molar-refractivity contribution in [1.29, 1.82) is 0 Å². The van der Waals surface area contributed by atoms with E-state index in [1.54, 1.807) is 19.9 Å². The fourth-order valence-electron chi connectivity index (χ4n) is 4.77. The summed E-state index contributed by atoms with van der Waals surface area (Å²) >= 11 is 0. The van der Waals surface area contributed by atoms with Gasteiger partial charge in [-0.2, -0.15) is 0 Å². The first kappa shape index (κ1) is 24.2. The van der Waals surface area contributed by atoms with Crippen molar-refractivity contribution in [1.82, 2.24) is 4.98 Å². The summed E-state index contributed by atoms with van der Waals surface area (Å²) in [6.45, 7) is 9.86. The zero-order chi connectivity index (χ0) is 24.4. The van der Waals surface area contributed by atoms with Crippen molar-refractivity contribution in [3.8, 4) is 0 Å². The molecule has 1 aliphatic rings. The van der Waals surface area contributed by atoms with Crippen LogP contribution in [0.4, 0.5) is 11.4 Å². The van der Waals surface area contributed by atoms with Crippen LogP contribution in [0.15, 0.2) is 18.2 Å². The van der Waals surface area contributed by atoms with Crippen molar-refractivity contribution in [2.24, 2.45) is 11.8 Å². The van der Waals surface area contributed by atoms with Gasteiger partial charge in [-0.25, -0.2) is 4.79 Å². The average molecular weight is 456 g/mol. The number of esters is 1. The number of anilines is 1. The minimum absolute atomic E-state index is 0.000157. The molecular formula is C24H29N3O6. The van der Waals surface area contributed by atoms with Crippen LogP contribution in [0.1, 0.15) is 69.7 Å². The third-order valence-electron chi connectivity index (χ3n) is 6.02. The number of ether oxygens (including phenoxy) is 1. The van der Waals surface area contributed by atoms with Gasteiger partial charge in [-0.15, -0.1) is 0 Å². The van der Waals surface area contributed by atoms with Crippen molar-refractivity contribution in [3.05, 3.63) is 56.4 Å². The minimum Gasteiger partial charge on any atom is -0.454 e. The maximum Gasteiger partial charge on any atom is 0.338 e. The van der Waals surface area contributed by atoms with Crippen molar-refractivity contribution in [3.63, 3.8) is 0 Å². The van der Waals surface area contributed by atoms with E-state index >= 15 is 0 Å². The highest BCUT2D eigenvalue weighted by molar-refractivity contribution is 6.04. The molecule has 2 heterocycles. The molecule has 0 bridgehead atoms. The van der Waals surface area contributed by atoms with Gasteiger partial charge in [0.25, 0.3) is 5.69 Å². The van der Waals surface area contributed by atoms with E-state index in [1.165, 1.54) is 19.1 Å². The second-order valence-corrected chi connectivity index (χ2v) is 8.99. The fraction of sp³-hybridized carbons (Fsp3) is 0.458. The van der Waals surface area contributed by atoms with Gasteiger partial charge in [0.05, 0.1) is 16.2 Å². The molecule has 1 N–H and O–H groups in total. The van der Waals surface area contributed by atoms with E-state index in [4.69, 9.17) is 4.74 Å². The maximum absolute atomic E-state index is 12.6. The Hall–Kier alpha value is -3.49. The molecule has 176 valence electrons. The number of carbonyl (C=O) groups excluding carboxylic acids is 3. The molecule has 2 atom stereocenters. The number of Topliss-reactive ketones (excluding diaryl/α,β-unsaturated/α-hetero) is 2. The van der Waals surface area contributed by atoms with Crippen LogP contribution in [0.5, 0.6) is 0 Å². The van der Waals surface area contributed by atoms with E-state index in [0.717, 1.165) is 6.42 Å². The van der Waals surface area contributed by atoms with E-state index < -0.39 is 23.3 Å². The van der Waals surface area contributed by atoms with Crippen molar-refractivity contribution >= 4 is 28.9 Å². The van der Waals surface area contributed by atoms with Gasteiger partial charge in [0.2, 0.25) is 5.78 Å². The summed E-state index contributed by atoms with van der Waals surface area (Å²) in [6.07, 6.45) is 1.07. The lowest BCUT2D eigenvalue weighted by Gasteiger charge is -2.36. The minimum atomic E-state index is -0.828. The summed E-state index contributed by atoms with van der Waals surface area (Å²) in [4.78, 5) is 52.9. The fourth-order valence-corrected chi connectivity index (χ4v) is 4.77. The van der Waals surface area contributed by atoms with Gasteiger partial charge in [-0.3, -0.25) is 19.7 Å². The first-order valence-electron chi connectivity index (χ1n) is 10.9. The van der Waals surface area contributed by atoms with E-state index in [0.29, 0.717) is 47.4 Å². The predicted molar refractivity (Wildman–Crippen MR) is 123 cm³/mol. The molecule has 1 fully saturated rings. The van der Waals surface area contributed by atoms with Gasteiger partial charge in [0.15, 0.2) is 12.4 Å². The van der Waals surface area contributed by atoms with E-state index in [1.807, 2.05) is 4.90 Å². The van der Waals surface area contributed by atoms with Gasteiger partial charge in [0.1, 0.15) is 5.69 Å². The number of carbonyl (C=O) groups is 3. The Morgan fingerprint density at radius 1 is 1.18 bits per heavy atom. The number of hydrogen-bond acceptors (Lipinski definition) is 7. The highest BCUT2D eigenvalue weighted by Gasteiger charge is 2.28. The Kier molecular flexibility index (Phi) is 7.00. The van der Waals surface area contributed by atoms with Crippen LogP contribution < -0.4 is 4.90 Å². The number of aromatic amines is 1. The van der Waals surface area contributed by atoms with Gasteiger partial charge >= 0.3 is 5.97 Å². The monoisotopic (exact) mass is 455 g/mol. The molecule has 1 aromatic carbocycles. The van der Waals surface area contributed by atoms with Gasteiger partial charge in [-0.05, 0) is 56.7 Å². The SMILES string of the molecule is CC(=O)c1c(C)[nH]c(C(=O)COC(=O)c2ccc(N3C[C@H](C)C[C@@H](C)C3)c([N+](=O)[O-])c2)c1C. The molecule has 3 rings (SSSR count). The van der Waals surface area contributed by atoms with Crippen LogP contribution in [0.2, 0.25) is 0 Å². The number of aryl methyl sites for hydroxylation is 1. The number of rotatable bonds is 7. The summed E-state index contributed by atoms with van der Waals surface area (Å²) in [5.41, 5.74) is 2.03. The van der Waals surface area contributed by atoms with Crippen LogP contribution in [-0.2, 0) is 4.74 Å². The number of hydrogen-bond donors (Lipinski definition) is 1. The second-order valence-electron chi connectivity index (χ2n) is 8.99. The average Bonchev–Trinajstić information content (AvgIpc) is 3.04. The van der Waals surface area contributed by atoms with Crippen LogP contribution in [0.3, 0.4) is 0 Å². The summed E-state index contributed by atoms with van der Waals surface area (Å²) in [5.74, 6) is -0.660. The van der Waals surface area contributed by atoms with Gasteiger partial charge in [-0.1, -0.05) is 13.8 Å². The molecule has 0 aliphatic carbocycles. The van der Waals surface area contributed by atoms with Crippen molar-refractivity contribution in [2.75, 3.05) is 24.6 Å². The normalized spacial score (nSPS) is 18.2. The zero-order valence-corrected chi connectivity index (χ0v) is 19.6. The lowest BCUT2D eigenvalue weighted by Crippen LogP contribution is -2.39. The smallest absolute Gasteiger partial charge is 0.338 e. The molecule has 1 aromatic heterocycles. The zero-order valence-electron chi connectivity index (χ0n) is 19.6. The lowest BCUT2D eigenvalue weighted by molar-refractivity contribution is -0.384. The number of ketones is 2. The first-order chi connectivity index (χ1) is 15.5. The third-order valence-corrected chi connectivity index (χ3v) is 6.02. The number of nitro groups is 1.